The van der Waals surface area contributed by atoms with Crippen molar-refractivity contribution in [2.75, 3.05) is 5.32 Å². The highest BCUT2D eigenvalue weighted by atomic mass is 19.4. The largest absolute Gasteiger partial charge is 0.416 e. The number of aryl methyl sites for hydroxylation is 1. The maximum atomic E-state index is 13.2. The second kappa shape index (κ2) is 7.94. The Morgan fingerprint density at radius 2 is 1.74 bits per heavy atom. The van der Waals surface area contributed by atoms with Gasteiger partial charge in [0, 0.05) is 34.9 Å². The van der Waals surface area contributed by atoms with Crippen LogP contribution in [0.5, 0.6) is 0 Å². The molecule has 0 aliphatic heterocycles. The van der Waals surface area contributed by atoms with Gasteiger partial charge in [-0.2, -0.15) is 13.2 Å². The van der Waals surface area contributed by atoms with Gasteiger partial charge in [-0.25, -0.2) is 9.97 Å². The molecule has 0 spiro atoms. The molecule has 4 rings (SSSR count). The van der Waals surface area contributed by atoms with E-state index in [0.717, 1.165) is 48.2 Å². The Labute approximate surface area is 180 Å². The van der Waals surface area contributed by atoms with Gasteiger partial charge in [0.25, 0.3) is 0 Å². The first-order chi connectivity index (χ1) is 14.6. The van der Waals surface area contributed by atoms with Crippen LogP contribution in [-0.2, 0) is 19.0 Å². The second-order valence-electron chi connectivity index (χ2n) is 9.07. The molecule has 31 heavy (non-hydrogen) atoms. The van der Waals surface area contributed by atoms with E-state index in [2.05, 4.69) is 31.1 Å². The predicted octanol–water partition coefficient (Wildman–Crippen LogP) is 6.45. The summed E-state index contributed by atoms with van der Waals surface area (Å²) in [6.07, 6.45) is 1.57. The van der Waals surface area contributed by atoms with Gasteiger partial charge in [-0.3, -0.25) is 4.98 Å². The molecule has 1 aliphatic carbocycles. The number of hydrogen-bond donors (Lipinski definition) is 1. The van der Waals surface area contributed by atoms with Gasteiger partial charge in [-0.1, -0.05) is 26.8 Å². The summed E-state index contributed by atoms with van der Waals surface area (Å²) in [4.78, 5) is 13.6. The summed E-state index contributed by atoms with van der Waals surface area (Å²) < 4.78 is 39.6. The first kappa shape index (κ1) is 21.3. The van der Waals surface area contributed by atoms with Crippen molar-refractivity contribution in [3.63, 3.8) is 0 Å². The molecule has 2 heterocycles. The molecule has 162 valence electrons. The van der Waals surface area contributed by atoms with Crippen molar-refractivity contribution in [1.82, 2.24) is 15.0 Å². The molecule has 1 atom stereocenters. The zero-order chi connectivity index (χ0) is 22.2. The maximum absolute atomic E-state index is 13.2. The molecule has 2 aromatic heterocycles. The summed E-state index contributed by atoms with van der Waals surface area (Å²) in [5.41, 5.74) is 2.55. The van der Waals surface area contributed by atoms with Gasteiger partial charge in [-0.05, 0) is 60.9 Å². The number of rotatable bonds is 3. The Kier molecular flexibility index (Phi) is 5.45. The summed E-state index contributed by atoms with van der Waals surface area (Å²) in [7, 11) is 0. The minimum Gasteiger partial charge on any atom is -0.340 e. The fourth-order valence-corrected chi connectivity index (χ4v) is 3.99. The molecule has 0 amide bonds. The average molecular weight is 426 g/mol. The molecule has 0 radical (unpaired) electrons. The van der Waals surface area contributed by atoms with Crippen LogP contribution in [0.25, 0.3) is 11.4 Å². The van der Waals surface area contributed by atoms with Crippen LogP contribution in [0.2, 0.25) is 0 Å². The van der Waals surface area contributed by atoms with Gasteiger partial charge >= 0.3 is 6.18 Å². The van der Waals surface area contributed by atoms with Gasteiger partial charge in [0.15, 0.2) is 5.82 Å². The van der Waals surface area contributed by atoms with Crippen molar-refractivity contribution in [2.45, 2.75) is 46.2 Å². The standard InChI is InChI=1S/C24H25F3N4/c1-23(2,3)16-7-8-20-19(14-16)22(31-21(30-20)15-9-11-28-12-10-15)29-18-6-4-5-17(13-18)24(25,26)27/h4-6,9-13,16H,7-8,14H2,1-3H3,(H,29,30,31). The molecular weight excluding hydrogens is 401 g/mol. The Bertz CT molecular complexity index is 1070. The van der Waals surface area contributed by atoms with E-state index in [1.165, 1.54) is 6.07 Å². The first-order valence-electron chi connectivity index (χ1n) is 10.4. The summed E-state index contributed by atoms with van der Waals surface area (Å²) in [5, 5.41) is 3.16. The molecule has 0 bridgehead atoms. The lowest BCUT2D eigenvalue weighted by Crippen LogP contribution is -2.28. The second-order valence-corrected chi connectivity index (χ2v) is 9.07. The van der Waals surface area contributed by atoms with Crippen LogP contribution in [0, 0.1) is 11.3 Å². The Morgan fingerprint density at radius 1 is 1.00 bits per heavy atom. The van der Waals surface area contributed by atoms with Crippen molar-refractivity contribution in [2.24, 2.45) is 11.3 Å². The van der Waals surface area contributed by atoms with Gasteiger partial charge in [0.05, 0.1) is 5.56 Å². The number of aromatic nitrogens is 3. The Morgan fingerprint density at radius 3 is 2.42 bits per heavy atom. The molecule has 1 N–H and O–H groups in total. The van der Waals surface area contributed by atoms with Crippen molar-refractivity contribution in [3.05, 3.63) is 65.6 Å². The zero-order valence-corrected chi connectivity index (χ0v) is 17.8. The summed E-state index contributed by atoms with van der Waals surface area (Å²) >= 11 is 0. The average Bonchev–Trinajstić information content (AvgIpc) is 2.73. The van der Waals surface area contributed by atoms with Gasteiger partial charge < -0.3 is 5.32 Å². The summed E-state index contributed by atoms with van der Waals surface area (Å²) in [6, 6.07) is 8.87. The van der Waals surface area contributed by atoms with E-state index < -0.39 is 11.7 Å². The minimum atomic E-state index is -4.40. The molecule has 0 saturated heterocycles. The van der Waals surface area contributed by atoms with Crippen LogP contribution in [0.4, 0.5) is 24.7 Å². The number of fused-ring (bicyclic) bond motifs is 1. The van der Waals surface area contributed by atoms with E-state index in [1.807, 2.05) is 12.1 Å². The third-order valence-electron chi connectivity index (χ3n) is 5.89. The molecule has 1 aliphatic rings. The number of pyridine rings is 1. The van der Waals surface area contributed by atoms with Crippen LogP contribution in [0.15, 0.2) is 48.8 Å². The van der Waals surface area contributed by atoms with Crippen molar-refractivity contribution >= 4 is 11.5 Å². The predicted molar refractivity (Wildman–Crippen MR) is 115 cm³/mol. The highest BCUT2D eigenvalue weighted by molar-refractivity contribution is 5.65. The number of alkyl halides is 3. The quantitative estimate of drug-likeness (QED) is 0.523. The molecule has 7 heteroatoms. The van der Waals surface area contributed by atoms with Crippen molar-refractivity contribution < 1.29 is 13.2 Å². The minimum absolute atomic E-state index is 0.120. The smallest absolute Gasteiger partial charge is 0.340 e. The van der Waals surface area contributed by atoms with Gasteiger partial charge in [-0.15, -0.1) is 0 Å². The highest BCUT2D eigenvalue weighted by Crippen LogP contribution is 2.40. The third-order valence-corrected chi connectivity index (χ3v) is 5.89. The van der Waals surface area contributed by atoms with E-state index in [4.69, 9.17) is 9.97 Å². The molecule has 3 aromatic rings. The normalized spacial score (nSPS) is 16.6. The number of nitrogens with one attached hydrogen (secondary N) is 1. The lowest BCUT2D eigenvalue weighted by molar-refractivity contribution is -0.137. The topological polar surface area (TPSA) is 50.7 Å². The SMILES string of the molecule is CC(C)(C)C1CCc2nc(-c3ccncc3)nc(Nc3cccc(C(F)(F)F)c3)c2C1. The number of nitrogens with zero attached hydrogens (tertiary/aromatic N) is 3. The van der Waals surface area contributed by atoms with Crippen LogP contribution in [-0.4, -0.2) is 15.0 Å². The zero-order valence-electron chi connectivity index (χ0n) is 17.8. The van der Waals surface area contributed by atoms with E-state index >= 15 is 0 Å². The van der Waals surface area contributed by atoms with E-state index in [-0.39, 0.29) is 5.41 Å². The van der Waals surface area contributed by atoms with Gasteiger partial charge in [0.2, 0.25) is 0 Å². The molecule has 0 fully saturated rings. The Hall–Kier alpha value is -2.96. The van der Waals surface area contributed by atoms with Crippen LogP contribution < -0.4 is 5.32 Å². The maximum Gasteiger partial charge on any atom is 0.416 e. The van der Waals surface area contributed by atoms with E-state index in [0.29, 0.717) is 23.2 Å². The summed E-state index contributed by atoms with van der Waals surface area (Å²) in [5.74, 6) is 1.56. The van der Waals surface area contributed by atoms with Crippen molar-refractivity contribution in [1.29, 1.82) is 0 Å². The number of halogens is 3. The number of anilines is 2. The van der Waals surface area contributed by atoms with Crippen LogP contribution >= 0.6 is 0 Å². The first-order valence-corrected chi connectivity index (χ1v) is 10.4. The van der Waals surface area contributed by atoms with Crippen LogP contribution in [0.3, 0.4) is 0 Å². The van der Waals surface area contributed by atoms with Gasteiger partial charge in [0.1, 0.15) is 5.82 Å². The fourth-order valence-electron chi connectivity index (χ4n) is 3.99. The van der Waals surface area contributed by atoms with E-state index in [9.17, 15) is 13.2 Å². The lowest BCUT2D eigenvalue weighted by Gasteiger charge is -2.35. The van der Waals surface area contributed by atoms with E-state index in [1.54, 1.807) is 18.5 Å². The molecule has 1 unspecified atom stereocenters. The summed E-state index contributed by atoms with van der Waals surface area (Å²) in [6.45, 7) is 6.65. The lowest BCUT2D eigenvalue weighted by atomic mass is 9.71. The highest BCUT2D eigenvalue weighted by Gasteiger charge is 2.33. The monoisotopic (exact) mass is 426 g/mol. The third kappa shape index (κ3) is 4.70. The fraction of sp³-hybridized carbons (Fsp3) is 0.375. The Balaban J connectivity index is 1.78. The molecule has 0 saturated carbocycles. The molecule has 1 aromatic carbocycles. The van der Waals surface area contributed by atoms with Crippen molar-refractivity contribution in [3.8, 4) is 11.4 Å². The number of benzene rings is 1. The molecular formula is C24H25F3N4. The van der Waals surface area contributed by atoms with Crippen LogP contribution in [0.1, 0.15) is 44.0 Å². The molecule has 4 nitrogen and oxygen atoms in total. The number of hydrogen-bond acceptors (Lipinski definition) is 4.